The number of carbonyl (C=O) groups excluding carboxylic acids is 1. The second kappa shape index (κ2) is 6.47. The Kier molecular flexibility index (Phi) is 4.68. The Labute approximate surface area is 113 Å². The zero-order chi connectivity index (χ0) is 13.7. The van der Waals surface area contributed by atoms with Crippen LogP contribution in [0.15, 0.2) is 18.5 Å². The smallest absolute Gasteiger partial charge is 0.322 e. The average Bonchev–Trinajstić information content (AvgIpc) is 2.47. The van der Waals surface area contributed by atoms with E-state index < -0.39 is 0 Å². The molecule has 2 unspecified atom stereocenters. The second-order valence-electron chi connectivity index (χ2n) is 4.75. The highest BCUT2D eigenvalue weighted by atomic mass is 16.5. The molecule has 1 aliphatic heterocycles. The predicted octanol–water partition coefficient (Wildman–Crippen LogP) is 0.596. The molecule has 1 fully saturated rings. The molecule has 1 aliphatic rings. The molecule has 1 aromatic heterocycles. The fraction of sp³-hybridized carbons (Fsp3) is 0.615. The van der Waals surface area contributed by atoms with E-state index in [0.717, 1.165) is 31.9 Å². The van der Waals surface area contributed by atoms with Crippen LogP contribution in [0.25, 0.3) is 0 Å². The Morgan fingerprint density at radius 3 is 2.95 bits per heavy atom. The van der Waals surface area contributed by atoms with Gasteiger partial charge >= 0.3 is 5.97 Å². The number of carbonyl (C=O) groups is 1. The van der Waals surface area contributed by atoms with Crippen LogP contribution in [0.1, 0.15) is 19.8 Å². The summed E-state index contributed by atoms with van der Waals surface area (Å²) in [5.74, 6) is 0.521. The van der Waals surface area contributed by atoms with E-state index >= 15 is 0 Å². The lowest BCUT2D eigenvalue weighted by Gasteiger charge is -2.34. The van der Waals surface area contributed by atoms with Crippen LogP contribution in [0, 0.1) is 0 Å². The van der Waals surface area contributed by atoms with Crippen LogP contribution in [0.2, 0.25) is 0 Å². The second-order valence-corrected chi connectivity index (χ2v) is 4.75. The van der Waals surface area contributed by atoms with Gasteiger partial charge in [0, 0.05) is 31.5 Å². The first-order chi connectivity index (χ1) is 9.20. The van der Waals surface area contributed by atoms with Crippen molar-refractivity contribution in [3.8, 4) is 0 Å². The summed E-state index contributed by atoms with van der Waals surface area (Å²) < 4.78 is 4.73. The molecule has 6 heteroatoms. The van der Waals surface area contributed by atoms with Gasteiger partial charge in [0.15, 0.2) is 0 Å². The van der Waals surface area contributed by atoms with E-state index in [-0.39, 0.29) is 18.1 Å². The first-order valence-corrected chi connectivity index (χ1v) is 6.56. The van der Waals surface area contributed by atoms with Gasteiger partial charge in [0.2, 0.25) is 5.95 Å². The van der Waals surface area contributed by atoms with E-state index in [2.05, 4.69) is 20.2 Å². The van der Waals surface area contributed by atoms with E-state index in [9.17, 15) is 4.79 Å². The molecule has 1 N–H and O–H groups in total. The Hall–Kier alpha value is -1.69. The van der Waals surface area contributed by atoms with E-state index in [1.54, 1.807) is 12.4 Å². The fourth-order valence-corrected chi connectivity index (χ4v) is 2.35. The van der Waals surface area contributed by atoms with Crippen molar-refractivity contribution in [3.63, 3.8) is 0 Å². The molecule has 19 heavy (non-hydrogen) atoms. The number of piperidine rings is 1. The number of ether oxygens (including phenoxy) is 1. The van der Waals surface area contributed by atoms with Crippen molar-refractivity contribution < 1.29 is 9.53 Å². The minimum atomic E-state index is -0.286. The zero-order valence-corrected chi connectivity index (χ0v) is 11.4. The standard InChI is InChI=1S/C13H20N4O2/c1-10(12(18)19-2)16-11-5-3-8-17(9-11)13-14-6-4-7-15-13/h4,6-7,10-11,16H,3,5,8-9H2,1-2H3. The summed E-state index contributed by atoms with van der Waals surface area (Å²) in [7, 11) is 1.41. The summed E-state index contributed by atoms with van der Waals surface area (Å²) in [6, 6.07) is 1.78. The lowest BCUT2D eigenvalue weighted by molar-refractivity contribution is -0.142. The molecule has 0 bridgehead atoms. The normalized spacial score (nSPS) is 20.9. The predicted molar refractivity (Wildman–Crippen MR) is 71.9 cm³/mol. The fourth-order valence-electron chi connectivity index (χ4n) is 2.35. The van der Waals surface area contributed by atoms with Gasteiger partial charge in [0.05, 0.1) is 7.11 Å². The summed E-state index contributed by atoms with van der Waals surface area (Å²) in [6.45, 7) is 3.59. The van der Waals surface area contributed by atoms with Gasteiger partial charge in [-0.05, 0) is 25.8 Å². The maximum absolute atomic E-state index is 11.4. The minimum absolute atomic E-state index is 0.229. The van der Waals surface area contributed by atoms with Crippen LogP contribution in [0.3, 0.4) is 0 Å². The van der Waals surface area contributed by atoms with Crippen molar-refractivity contribution in [2.75, 3.05) is 25.1 Å². The highest BCUT2D eigenvalue weighted by molar-refractivity contribution is 5.75. The number of nitrogens with zero attached hydrogens (tertiary/aromatic N) is 3. The SMILES string of the molecule is COC(=O)C(C)NC1CCCN(c2ncccn2)C1. The van der Waals surface area contributed by atoms with E-state index in [4.69, 9.17) is 4.74 Å². The number of anilines is 1. The molecule has 0 aliphatic carbocycles. The topological polar surface area (TPSA) is 67.3 Å². The molecule has 2 rings (SSSR count). The molecular weight excluding hydrogens is 244 g/mol. The Morgan fingerprint density at radius 1 is 1.53 bits per heavy atom. The number of methoxy groups -OCH3 is 1. The number of aromatic nitrogens is 2. The van der Waals surface area contributed by atoms with Crippen molar-refractivity contribution in [1.82, 2.24) is 15.3 Å². The van der Waals surface area contributed by atoms with Crippen LogP contribution in [0.4, 0.5) is 5.95 Å². The first-order valence-electron chi connectivity index (χ1n) is 6.56. The third-order valence-electron chi connectivity index (χ3n) is 3.30. The Bertz CT molecular complexity index is 412. The quantitative estimate of drug-likeness (QED) is 0.803. The number of esters is 1. The van der Waals surface area contributed by atoms with Gasteiger partial charge in [0.25, 0.3) is 0 Å². The van der Waals surface area contributed by atoms with Gasteiger partial charge < -0.3 is 15.0 Å². The molecule has 2 atom stereocenters. The highest BCUT2D eigenvalue weighted by Crippen LogP contribution is 2.15. The van der Waals surface area contributed by atoms with Gasteiger partial charge in [-0.2, -0.15) is 0 Å². The lowest BCUT2D eigenvalue weighted by atomic mass is 10.1. The molecule has 1 aromatic rings. The number of hydrogen-bond donors (Lipinski definition) is 1. The summed E-state index contributed by atoms with van der Waals surface area (Å²) >= 11 is 0. The Morgan fingerprint density at radius 2 is 2.26 bits per heavy atom. The molecule has 104 valence electrons. The van der Waals surface area contributed by atoms with E-state index in [0.29, 0.717) is 0 Å². The molecule has 1 saturated heterocycles. The monoisotopic (exact) mass is 264 g/mol. The summed E-state index contributed by atoms with van der Waals surface area (Å²) in [4.78, 5) is 22.1. The third kappa shape index (κ3) is 3.64. The van der Waals surface area contributed by atoms with Crippen LogP contribution >= 0.6 is 0 Å². The van der Waals surface area contributed by atoms with Crippen molar-refractivity contribution in [2.45, 2.75) is 31.8 Å². The van der Waals surface area contributed by atoms with Gasteiger partial charge in [-0.1, -0.05) is 0 Å². The molecule has 6 nitrogen and oxygen atoms in total. The third-order valence-corrected chi connectivity index (χ3v) is 3.30. The molecule has 0 spiro atoms. The lowest BCUT2D eigenvalue weighted by Crippen LogP contribution is -2.51. The first kappa shape index (κ1) is 13.7. The maximum atomic E-state index is 11.4. The average molecular weight is 264 g/mol. The van der Waals surface area contributed by atoms with Crippen LogP contribution in [-0.2, 0) is 9.53 Å². The van der Waals surface area contributed by atoms with Crippen LogP contribution in [0.5, 0.6) is 0 Å². The van der Waals surface area contributed by atoms with Crippen LogP contribution in [-0.4, -0.2) is 48.2 Å². The minimum Gasteiger partial charge on any atom is -0.468 e. The molecule has 0 aromatic carbocycles. The van der Waals surface area contributed by atoms with Crippen molar-refractivity contribution >= 4 is 11.9 Å². The molecule has 2 heterocycles. The Balaban J connectivity index is 1.92. The van der Waals surface area contributed by atoms with Crippen LogP contribution < -0.4 is 10.2 Å². The van der Waals surface area contributed by atoms with Crippen molar-refractivity contribution in [2.24, 2.45) is 0 Å². The number of hydrogen-bond acceptors (Lipinski definition) is 6. The zero-order valence-electron chi connectivity index (χ0n) is 11.4. The summed E-state index contributed by atoms with van der Waals surface area (Å²) in [5, 5.41) is 3.30. The van der Waals surface area contributed by atoms with Crippen molar-refractivity contribution in [3.05, 3.63) is 18.5 Å². The molecule has 0 saturated carbocycles. The molecule has 0 amide bonds. The summed E-state index contributed by atoms with van der Waals surface area (Å²) in [6.07, 6.45) is 5.60. The van der Waals surface area contributed by atoms with E-state index in [1.807, 2.05) is 13.0 Å². The molecule has 0 radical (unpaired) electrons. The van der Waals surface area contributed by atoms with Gasteiger partial charge in [0.1, 0.15) is 6.04 Å². The van der Waals surface area contributed by atoms with Gasteiger partial charge in [-0.25, -0.2) is 9.97 Å². The highest BCUT2D eigenvalue weighted by Gasteiger charge is 2.24. The summed E-state index contributed by atoms with van der Waals surface area (Å²) in [5.41, 5.74) is 0. The largest absolute Gasteiger partial charge is 0.468 e. The number of rotatable bonds is 4. The van der Waals surface area contributed by atoms with E-state index in [1.165, 1.54) is 7.11 Å². The molecular formula is C13H20N4O2. The van der Waals surface area contributed by atoms with Gasteiger partial charge in [-0.3, -0.25) is 4.79 Å². The van der Waals surface area contributed by atoms with Gasteiger partial charge in [-0.15, -0.1) is 0 Å². The maximum Gasteiger partial charge on any atom is 0.322 e. The van der Waals surface area contributed by atoms with Crippen molar-refractivity contribution in [1.29, 1.82) is 0 Å². The number of nitrogens with one attached hydrogen (secondary N) is 1.